The molecule has 120 valence electrons. The van der Waals surface area contributed by atoms with Crippen molar-refractivity contribution in [2.45, 2.75) is 25.9 Å². The SMILES string of the molecule is CC(C)c1c(-c2ccnc(C(F)(F)F)c2)[nH]c2ncnn2c1=O. The Balaban J connectivity index is 2.31. The average molecular weight is 323 g/mol. The zero-order valence-corrected chi connectivity index (χ0v) is 12.2. The van der Waals surface area contributed by atoms with E-state index in [-0.39, 0.29) is 17.3 Å². The highest BCUT2D eigenvalue weighted by Crippen LogP contribution is 2.31. The van der Waals surface area contributed by atoms with Crippen molar-refractivity contribution in [1.29, 1.82) is 0 Å². The number of pyridine rings is 1. The van der Waals surface area contributed by atoms with Crippen LogP contribution in [0.4, 0.5) is 13.2 Å². The average Bonchev–Trinajstić information content (AvgIpc) is 2.94. The lowest BCUT2D eigenvalue weighted by atomic mass is 9.98. The molecule has 0 atom stereocenters. The van der Waals surface area contributed by atoms with Gasteiger partial charge in [-0.3, -0.25) is 9.78 Å². The molecule has 0 aliphatic heterocycles. The molecule has 0 aromatic carbocycles. The first-order chi connectivity index (χ1) is 10.8. The van der Waals surface area contributed by atoms with Crippen molar-refractivity contribution in [1.82, 2.24) is 24.6 Å². The summed E-state index contributed by atoms with van der Waals surface area (Å²) in [6.45, 7) is 3.56. The second kappa shape index (κ2) is 5.18. The fourth-order valence-corrected chi connectivity index (χ4v) is 2.38. The lowest BCUT2D eigenvalue weighted by Crippen LogP contribution is -2.22. The van der Waals surface area contributed by atoms with Gasteiger partial charge in [0.15, 0.2) is 0 Å². The van der Waals surface area contributed by atoms with E-state index in [1.54, 1.807) is 13.8 Å². The molecule has 1 N–H and O–H groups in total. The molecule has 0 aliphatic carbocycles. The van der Waals surface area contributed by atoms with E-state index in [0.29, 0.717) is 11.3 Å². The maximum Gasteiger partial charge on any atom is 0.433 e. The van der Waals surface area contributed by atoms with Crippen LogP contribution in [0, 0.1) is 0 Å². The number of hydrogen-bond acceptors (Lipinski definition) is 4. The van der Waals surface area contributed by atoms with Crippen molar-refractivity contribution >= 4 is 5.78 Å². The monoisotopic (exact) mass is 323 g/mol. The van der Waals surface area contributed by atoms with Gasteiger partial charge in [-0.1, -0.05) is 13.8 Å². The Morgan fingerprint density at radius 3 is 2.65 bits per heavy atom. The first kappa shape index (κ1) is 15.2. The van der Waals surface area contributed by atoms with Gasteiger partial charge in [-0.2, -0.15) is 27.8 Å². The van der Waals surface area contributed by atoms with Crippen LogP contribution in [0.25, 0.3) is 17.0 Å². The molecule has 9 heteroatoms. The summed E-state index contributed by atoms with van der Waals surface area (Å²) in [5.41, 5.74) is -0.585. The predicted molar refractivity (Wildman–Crippen MR) is 75.9 cm³/mol. The molecule has 3 aromatic rings. The highest BCUT2D eigenvalue weighted by atomic mass is 19.4. The minimum absolute atomic E-state index is 0.166. The number of H-pyrrole nitrogens is 1. The quantitative estimate of drug-likeness (QED) is 0.786. The summed E-state index contributed by atoms with van der Waals surface area (Å²) in [7, 11) is 0. The topological polar surface area (TPSA) is 75.9 Å². The van der Waals surface area contributed by atoms with Crippen LogP contribution in [0.15, 0.2) is 29.5 Å². The van der Waals surface area contributed by atoms with Crippen LogP contribution in [-0.2, 0) is 6.18 Å². The van der Waals surface area contributed by atoms with Gasteiger partial charge in [-0.05, 0) is 18.1 Å². The fraction of sp³-hybridized carbons (Fsp3) is 0.286. The first-order valence-corrected chi connectivity index (χ1v) is 6.78. The molecule has 0 saturated carbocycles. The van der Waals surface area contributed by atoms with Gasteiger partial charge in [-0.15, -0.1) is 0 Å². The predicted octanol–water partition coefficient (Wildman–Crippen LogP) is 2.62. The summed E-state index contributed by atoms with van der Waals surface area (Å²) in [4.78, 5) is 22.6. The minimum Gasteiger partial charge on any atom is -0.323 e. The van der Waals surface area contributed by atoms with Crippen LogP contribution in [-0.4, -0.2) is 24.6 Å². The Bertz CT molecular complexity index is 926. The molecule has 0 unspecified atom stereocenters. The standard InChI is InChI=1S/C14H12F3N5O/c1-7(2)10-11(21-13-19-6-20-22(13)12(10)23)8-3-4-18-9(5-8)14(15,16)17/h3-7H,1-2H3,(H,19,20,21). The molecule has 0 saturated heterocycles. The second-order valence-corrected chi connectivity index (χ2v) is 5.30. The van der Waals surface area contributed by atoms with Crippen molar-refractivity contribution in [3.63, 3.8) is 0 Å². The van der Waals surface area contributed by atoms with Crippen molar-refractivity contribution in [2.24, 2.45) is 0 Å². The van der Waals surface area contributed by atoms with E-state index in [1.165, 1.54) is 12.4 Å². The second-order valence-electron chi connectivity index (χ2n) is 5.30. The number of aromatic nitrogens is 5. The van der Waals surface area contributed by atoms with Crippen molar-refractivity contribution in [3.8, 4) is 11.3 Å². The van der Waals surface area contributed by atoms with Crippen molar-refractivity contribution in [3.05, 3.63) is 46.3 Å². The van der Waals surface area contributed by atoms with Gasteiger partial charge < -0.3 is 4.98 Å². The third kappa shape index (κ3) is 2.58. The largest absolute Gasteiger partial charge is 0.433 e. The third-order valence-electron chi connectivity index (χ3n) is 3.39. The Labute approximate surface area is 128 Å². The van der Waals surface area contributed by atoms with Gasteiger partial charge in [0.05, 0.1) is 5.69 Å². The summed E-state index contributed by atoms with van der Waals surface area (Å²) < 4.78 is 39.7. The number of fused-ring (bicyclic) bond motifs is 1. The van der Waals surface area contributed by atoms with Gasteiger partial charge in [0.25, 0.3) is 5.56 Å². The van der Waals surface area contributed by atoms with Gasteiger partial charge in [0.2, 0.25) is 5.78 Å². The smallest absolute Gasteiger partial charge is 0.323 e. The summed E-state index contributed by atoms with van der Waals surface area (Å²) in [5.74, 6) is -0.0513. The van der Waals surface area contributed by atoms with Crippen LogP contribution < -0.4 is 5.56 Å². The lowest BCUT2D eigenvalue weighted by Gasteiger charge is -2.13. The molecule has 0 bridgehead atoms. The molecule has 6 nitrogen and oxygen atoms in total. The minimum atomic E-state index is -4.56. The van der Waals surface area contributed by atoms with Crippen molar-refractivity contribution in [2.75, 3.05) is 0 Å². The Morgan fingerprint density at radius 1 is 1.26 bits per heavy atom. The molecule has 0 radical (unpaired) electrons. The molecule has 0 aliphatic rings. The fourth-order valence-electron chi connectivity index (χ4n) is 2.38. The van der Waals surface area contributed by atoms with Crippen LogP contribution in [0.5, 0.6) is 0 Å². The molecular formula is C14H12F3N5O. The first-order valence-electron chi connectivity index (χ1n) is 6.78. The zero-order chi connectivity index (χ0) is 16.8. The van der Waals surface area contributed by atoms with E-state index >= 15 is 0 Å². The molecule has 3 aromatic heterocycles. The van der Waals surface area contributed by atoms with Gasteiger partial charge in [0.1, 0.15) is 12.0 Å². The van der Waals surface area contributed by atoms with E-state index in [1.807, 2.05) is 0 Å². The van der Waals surface area contributed by atoms with E-state index in [9.17, 15) is 18.0 Å². The van der Waals surface area contributed by atoms with E-state index in [4.69, 9.17) is 0 Å². The number of halogens is 3. The summed E-state index contributed by atoms with van der Waals surface area (Å²) >= 11 is 0. The summed E-state index contributed by atoms with van der Waals surface area (Å²) in [6.07, 6.45) is -2.29. The highest BCUT2D eigenvalue weighted by Gasteiger charge is 2.33. The summed E-state index contributed by atoms with van der Waals surface area (Å²) in [5, 5.41) is 3.82. The van der Waals surface area contributed by atoms with Gasteiger partial charge in [0, 0.05) is 17.3 Å². The van der Waals surface area contributed by atoms with Crippen LogP contribution in [0.1, 0.15) is 31.0 Å². The number of rotatable bonds is 2. The third-order valence-corrected chi connectivity index (χ3v) is 3.39. The lowest BCUT2D eigenvalue weighted by molar-refractivity contribution is -0.141. The number of aromatic amines is 1. The Morgan fingerprint density at radius 2 is 2.00 bits per heavy atom. The van der Waals surface area contributed by atoms with Crippen LogP contribution >= 0.6 is 0 Å². The number of alkyl halides is 3. The number of nitrogens with zero attached hydrogens (tertiary/aromatic N) is 4. The van der Waals surface area contributed by atoms with Crippen LogP contribution in [0.3, 0.4) is 0 Å². The van der Waals surface area contributed by atoms with E-state index in [2.05, 4.69) is 20.1 Å². The molecule has 3 rings (SSSR count). The molecule has 3 heterocycles. The normalized spacial score (nSPS) is 12.3. The highest BCUT2D eigenvalue weighted by molar-refractivity contribution is 5.65. The maximum atomic E-state index is 12.9. The van der Waals surface area contributed by atoms with Gasteiger partial charge in [-0.25, -0.2) is 0 Å². The molecule has 0 amide bonds. The molecule has 23 heavy (non-hydrogen) atoms. The van der Waals surface area contributed by atoms with E-state index < -0.39 is 17.4 Å². The number of hydrogen-bond donors (Lipinski definition) is 1. The Hall–Kier alpha value is -2.71. The van der Waals surface area contributed by atoms with Gasteiger partial charge >= 0.3 is 6.18 Å². The zero-order valence-electron chi connectivity index (χ0n) is 12.2. The van der Waals surface area contributed by atoms with Crippen LogP contribution in [0.2, 0.25) is 0 Å². The molecule has 0 spiro atoms. The summed E-state index contributed by atoms with van der Waals surface area (Å²) in [6, 6.07) is 2.32. The van der Waals surface area contributed by atoms with E-state index in [0.717, 1.165) is 16.8 Å². The Kier molecular flexibility index (Phi) is 3.42. The molecule has 0 fully saturated rings. The number of nitrogens with one attached hydrogen (secondary N) is 1. The maximum absolute atomic E-state index is 12.9. The molecular weight excluding hydrogens is 311 g/mol. The van der Waals surface area contributed by atoms with Crippen molar-refractivity contribution < 1.29 is 13.2 Å².